The topological polar surface area (TPSA) is 91.1 Å². The third-order valence-electron chi connectivity index (χ3n) is 13.9. The molecular formula is C50H56N2O3. The number of carbonyl (C=O) groups excluding carboxylic acids is 2. The summed E-state index contributed by atoms with van der Waals surface area (Å²) in [7, 11) is 0. The van der Waals surface area contributed by atoms with Crippen molar-refractivity contribution in [3.8, 4) is 0 Å². The summed E-state index contributed by atoms with van der Waals surface area (Å²) in [6.07, 6.45) is 18.6. The zero-order valence-electron chi connectivity index (χ0n) is 33.1. The Balaban J connectivity index is 1.31. The van der Waals surface area contributed by atoms with E-state index >= 15 is 9.59 Å². The number of rotatable bonds is 14. The highest BCUT2D eigenvalue weighted by atomic mass is 16.6. The van der Waals surface area contributed by atoms with Crippen LogP contribution in [0, 0.1) is 22.7 Å². The molecule has 4 aromatic rings. The molecule has 2 N–H and O–H groups in total. The lowest BCUT2D eigenvalue weighted by Crippen LogP contribution is -2.56. The van der Waals surface area contributed by atoms with Crippen LogP contribution in [0.3, 0.4) is 0 Å². The van der Waals surface area contributed by atoms with E-state index in [0.29, 0.717) is 37.1 Å². The predicted molar refractivity (Wildman–Crippen MR) is 226 cm³/mol. The Morgan fingerprint density at radius 1 is 0.582 bits per heavy atom. The van der Waals surface area contributed by atoms with Crippen molar-refractivity contribution in [3.05, 3.63) is 106 Å². The molecule has 0 heterocycles. The molecule has 0 radical (unpaired) electrons. The van der Waals surface area contributed by atoms with E-state index in [0.717, 1.165) is 106 Å². The molecule has 0 saturated heterocycles. The fourth-order valence-electron chi connectivity index (χ4n) is 11.4. The molecule has 5 heteroatoms. The predicted octanol–water partition coefficient (Wildman–Crippen LogP) is 12.5. The molecule has 0 bridgehead atoms. The minimum absolute atomic E-state index is 0.219. The van der Waals surface area contributed by atoms with E-state index in [1.165, 1.54) is 0 Å². The SMILES string of the molecule is CCCCCCC1(C(=O)OC(=O)C2(CCCCCC)c3ccc4cccc5c4c3C(C=C5)C(=N)C2CC)c2ccc3cccc4c3c2C(C=C4)C(=N)C1CC. The molecule has 0 aromatic heterocycles. The van der Waals surface area contributed by atoms with Crippen LogP contribution in [0.1, 0.15) is 150 Å². The average molecular weight is 733 g/mol. The molecule has 4 aliphatic carbocycles. The lowest BCUT2D eigenvalue weighted by atomic mass is 9.54. The smallest absolute Gasteiger partial charge is 0.324 e. The number of carbonyl (C=O) groups is 2. The van der Waals surface area contributed by atoms with E-state index in [9.17, 15) is 10.8 Å². The first-order valence-corrected chi connectivity index (χ1v) is 21.2. The van der Waals surface area contributed by atoms with Crippen molar-refractivity contribution in [2.45, 2.75) is 127 Å². The van der Waals surface area contributed by atoms with Gasteiger partial charge in [-0.3, -0.25) is 9.59 Å². The number of hydrogen-bond donors (Lipinski definition) is 2. The number of unbranched alkanes of at least 4 members (excludes halogenated alkanes) is 6. The average Bonchev–Trinajstić information content (AvgIpc) is 3.20. The third-order valence-corrected chi connectivity index (χ3v) is 13.9. The molecule has 284 valence electrons. The summed E-state index contributed by atoms with van der Waals surface area (Å²) in [6.45, 7) is 8.54. The first-order valence-electron chi connectivity index (χ1n) is 21.2. The summed E-state index contributed by atoms with van der Waals surface area (Å²) >= 11 is 0. The van der Waals surface area contributed by atoms with Gasteiger partial charge in [-0.15, -0.1) is 0 Å². The standard InChI is InChI=1S/C50H56N2O3/c1-5-9-11-13-29-49(37(7-3)45(51)35-25-21-31-17-15-19-33-23-27-39(49)43(35)41(31)33)47(53)55-48(54)50(30-14-12-10-6-2)38(8-4)46(52)36-26-22-32-18-16-20-34-24-28-40(50)44(36)42(32)34/h15-28,35-38,51-52H,5-14,29-30H2,1-4H3. The molecule has 4 aliphatic rings. The second kappa shape index (κ2) is 14.8. The van der Waals surface area contributed by atoms with Crippen LogP contribution in [0.4, 0.5) is 0 Å². The van der Waals surface area contributed by atoms with Gasteiger partial charge in [0.25, 0.3) is 0 Å². The summed E-state index contributed by atoms with van der Waals surface area (Å²) in [5.74, 6) is -2.29. The zero-order chi connectivity index (χ0) is 38.5. The van der Waals surface area contributed by atoms with Gasteiger partial charge in [0.2, 0.25) is 0 Å². The van der Waals surface area contributed by atoms with Crippen molar-refractivity contribution in [1.82, 2.24) is 0 Å². The maximum Gasteiger partial charge on any atom is 0.324 e. The van der Waals surface area contributed by atoms with E-state index in [-0.39, 0.29) is 11.8 Å². The molecule has 6 unspecified atom stereocenters. The molecule has 0 saturated carbocycles. The lowest BCUT2D eigenvalue weighted by Gasteiger charge is -2.49. The Labute approximate surface area is 326 Å². The number of hydrogen-bond acceptors (Lipinski definition) is 5. The van der Waals surface area contributed by atoms with Gasteiger partial charge in [0.1, 0.15) is 10.8 Å². The van der Waals surface area contributed by atoms with Gasteiger partial charge in [0.15, 0.2) is 0 Å². The Morgan fingerprint density at radius 3 is 1.42 bits per heavy atom. The van der Waals surface area contributed by atoms with E-state index in [1.54, 1.807) is 0 Å². The molecule has 8 rings (SSSR count). The molecule has 0 spiro atoms. The van der Waals surface area contributed by atoms with Gasteiger partial charge in [-0.1, -0.05) is 164 Å². The van der Waals surface area contributed by atoms with Gasteiger partial charge in [0, 0.05) is 35.1 Å². The lowest BCUT2D eigenvalue weighted by molar-refractivity contribution is -0.171. The minimum atomic E-state index is -1.18. The van der Waals surface area contributed by atoms with Crippen LogP contribution < -0.4 is 0 Å². The largest absolute Gasteiger partial charge is 0.392 e. The van der Waals surface area contributed by atoms with E-state index < -0.39 is 34.6 Å². The molecule has 5 nitrogen and oxygen atoms in total. The first-order chi connectivity index (χ1) is 26.8. The number of ether oxygens (including phenoxy) is 1. The quantitative estimate of drug-likeness (QED) is 0.0768. The van der Waals surface area contributed by atoms with Crippen molar-refractivity contribution >= 4 is 57.1 Å². The van der Waals surface area contributed by atoms with E-state index in [1.807, 2.05) is 0 Å². The van der Waals surface area contributed by atoms with Gasteiger partial charge in [-0.05, 0) is 80.6 Å². The highest BCUT2D eigenvalue weighted by molar-refractivity contribution is 6.13. The van der Waals surface area contributed by atoms with Crippen molar-refractivity contribution < 1.29 is 14.3 Å². The fourth-order valence-corrected chi connectivity index (χ4v) is 11.4. The fraction of sp³-hybridized carbons (Fsp3) is 0.440. The van der Waals surface area contributed by atoms with Crippen LogP contribution >= 0.6 is 0 Å². The zero-order valence-corrected chi connectivity index (χ0v) is 33.1. The summed E-state index contributed by atoms with van der Waals surface area (Å²) in [4.78, 5) is 31.4. The second-order valence-electron chi connectivity index (χ2n) is 16.7. The van der Waals surface area contributed by atoms with Crippen LogP contribution in [-0.4, -0.2) is 23.4 Å². The number of allylic oxidation sites excluding steroid dienone is 2. The van der Waals surface area contributed by atoms with Crippen LogP contribution in [0.15, 0.2) is 72.8 Å². The summed E-state index contributed by atoms with van der Waals surface area (Å²) in [5.41, 5.74) is 4.83. The van der Waals surface area contributed by atoms with Gasteiger partial charge in [0.05, 0.1) is 0 Å². The Bertz CT molecular complexity index is 2120. The molecule has 0 fully saturated rings. The van der Waals surface area contributed by atoms with Crippen molar-refractivity contribution in [1.29, 1.82) is 10.8 Å². The highest BCUT2D eigenvalue weighted by Crippen LogP contribution is 2.57. The van der Waals surface area contributed by atoms with Crippen molar-refractivity contribution in [2.24, 2.45) is 11.8 Å². The monoisotopic (exact) mass is 732 g/mol. The van der Waals surface area contributed by atoms with E-state index in [2.05, 4.69) is 113 Å². The molecular weight excluding hydrogens is 677 g/mol. The van der Waals surface area contributed by atoms with E-state index in [4.69, 9.17) is 4.74 Å². The van der Waals surface area contributed by atoms with Crippen LogP contribution in [0.2, 0.25) is 0 Å². The molecule has 4 aromatic carbocycles. The van der Waals surface area contributed by atoms with Gasteiger partial charge in [-0.2, -0.15) is 0 Å². The Morgan fingerprint density at radius 2 is 1.02 bits per heavy atom. The number of esters is 2. The summed E-state index contributed by atoms with van der Waals surface area (Å²) in [5, 5.41) is 24.0. The number of nitrogens with one attached hydrogen (secondary N) is 2. The van der Waals surface area contributed by atoms with Gasteiger partial charge < -0.3 is 15.6 Å². The third kappa shape index (κ3) is 5.54. The van der Waals surface area contributed by atoms with Crippen LogP contribution in [0.5, 0.6) is 0 Å². The van der Waals surface area contributed by atoms with Gasteiger partial charge in [-0.25, -0.2) is 0 Å². The summed E-state index contributed by atoms with van der Waals surface area (Å²) < 4.78 is 6.61. The van der Waals surface area contributed by atoms with Crippen LogP contribution in [0.25, 0.3) is 33.7 Å². The Hall–Kier alpha value is -4.64. The van der Waals surface area contributed by atoms with Crippen molar-refractivity contribution in [3.63, 3.8) is 0 Å². The first kappa shape index (κ1) is 37.3. The summed E-state index contributed by atoms with van der Waals surface area (Å²) in [6, 6.07) is 21.1. The second-order valence-corrected chi connectivity index (χ2v) is 16.7. The normalized spacial score (nSPS) is 25.8. The molecule has 55 heavy (non-hydrogen) atoms. The highest BCUT2D eigenvalue weighted by Gasteiger charge is 2.60. The Kier molecular flexibility index (Phi) is 10.0. The maximum atomic E-state index is 15.7. The number of benzene rings is 4. The maximum absolute atomic E-state index is 15.7. The van der Waals surface area contributed by atoms with Crippen LogP contribution in [-0.2, 0) is 25.2 Å². The molecule has 0 aliphatic heterocycles. The minimum Gasteiger partial charge on any atom is -0.392 e. The van der Waals surface area contributed by atoms with Gasteiger partial charge >= 0.3 is 11.9 Å². The molecule has 6 atom stereocenters. The van der Waals surface area contributed by atoms with Crippen molar-refractivity contribution in [2.75, 3.05) is 0 Å². The molecule has 0 amide bonds.